The maximum Gasteiger partial charge on any atom is 0.310 e. The van der Waals surface area contributed by atoms with E-state index in [1.54, 1.807) is 0 Å². The Hall–Kier alpha value is -1.72. The summed E-state index contributed by atoms with van der Waals surface area (Å²) in [5.74, 6) is -0.449. The van der Waals surface area contributed by atoms with Crippen molar-refractivity contribution < 1.29 is 23.0 Å². The number of pyridine rings is 1. The molecule has 1 aromatic rings. The van der Waals surface area contributed by atoms with Gasteiger partial charge in [0.05, 0.1) is 26.8 Å². The first-order valence-electron chi connectivity index (χ1n) is 4.45. The van der Waals surface area contributed by atoms with Gasteiger partial charge >= 0.3 is 5.97 Å². The van der Waals surface area contributed by atoms with Crippen LogP contribution >= 0.6 is 0 Å². The van der Waals surface area contributed by atoms with Gasteiger partial charge in [0, 0.05) is 17.3 Å². The summed E-state index contributed by atoms with van der Waals surface area (Å²) in [6.45, 7) is 0. The van der Waals surface area contributed by atoms with Gasteiger partial charge in [-0.2, -0.15) is 0 Å². The molecule has 0 aliphatic carbocycles. The number of hydrogen-bond donors (Lipinski definition) is 0. The van der Waals surface area contributed by atoms with Crippen LogP contribution in [-0.4, -0.2) is 25.2 Å². The van der Waals surface area contributed by atoms with Crippen LogP contribution in [0.2, 0.25) is 0 Å². The first kappa shape index (κ1) is 12.4. The molecule has 0 saturated heterocycles. The van der Waals surface area contributed by atoms with Crippen molar-refractivity contribution in [3.05, 3.63) is 23.5 Å². The standard InChI is InChI=1S/C10H11F2NO3/c1-15-8-5-13-4-7(10(11)12)6(8)3-9(14)16-2/h4-5,10H,3H2,1-2H3. The lowest BCUT2D eigenvalue weighted by molar-refractivity contribution is -0.139. The molecule has 0 atom stereocenters. The van der Waals surface area contributed by atoms with E-state index in [1.165, 1.54) is 20.4 Å². The summed E-state index contributed by atoms with van der Waals surface area (Å²) in [7, 11) is 2.52. The SMILES string of the molecule is COC(=O)Cc1c(OC)cncc1C(F)F. The van der Waals surface area contributed by atoms with Crippen molar-refractivity contribution >= 4 is 5.97 Å². The van der Waals surface area contributed by atoms with Crippen LogP contribution in [0.15, 0.2) is 12.4 Å². The molecule has 1 aromatic heterocycles. The molecule has 0 unspecified atom stereocenters. The van der Waals surface area contributed by atoms with Crippen molar-refractivity contribution in [1.82, 2.24) is 4.98 Å². The number of carbonyl (C=O) groups excluding carboxylic acids is 1. The fraction of sp³-hybridized carbons (Fsp3) is 0.400. The third-order valence-corrected chi connectivity index (χ3v) is 2.06. The molecule has 0 amide bonds. The van der Waals surface area contributed by atoms with Gasteiger partial charge in [0.2, 0.25) is 0 Å². The second-order valence-electron chi connectivity index (χ2n) is 2.96. The van der Waals surface area contributed by atoms with Gasteiger partial charge in [-0.1, -0.05) is 0 Å². The second kappa shape index (κ2) is 5.39. The Balaban J connectivity index is 3.14. The van der Waals surface area contributed by atoms with E-state index >= 15 is 0 Å². The van der Waals surface area contributed by atoms with E-state index < -0.39 is 12.4 Å². The highest BCUT2D eigenvalue weighted by Crippen LogP contribution is 2.29. The number of hydrogen-bond acceptors (Lipinski definition) is 4. The number of aromatic nitrogens is 1. The molecule has 4 nitrogen and oxygen atoms in total. The summed E-state index contributed by atoms with van der Waals surface area (Å²) >= 11 is 0. The van der Waals surface area contributed by atoms with Crippen LogP contribution in [0.5, 0.6) is 5.75 Å². The van der Waals surface area contributed by atoms with Crippen molar-refractivity contribution in [1.29, 1.82) is 0 Å². The third-order valence-electron chi connectivity index (χ3n) is 2.06. The van der Waals surface area contributed by atoms with Crippen LogP contribution in [0.4, 0.5) is 8.78 Å². The van der Waals surface area contributed by atoms with Gasteiger partial charge in [0.25, 0.3) is 6.43 Å². The minimum atomic E-state index is -2.71. The lowest BCUT2D eigenvalue weighted by Gasteiger charge is -2.11. The van der Waals surface area contributed by atoms with Gasteiger partial charge in [0.15, 0.2) is 0 Å². The molecular formula is C10H11F2NO3. The second-order valence-corrected chi connectivity index (χ2v) is 2.96. The van der Waals surface area contributed by atoms with Crippen LogP contribution in [-0.2, 0) is 16.0 Å². The Labute approximate surface area is 91.2 Å². The van der Waals surface area contributed by atoms with Crippen LogP contribution in [0.25, 0.3) is 0 Å². The Morgan fingerprint density at radius 2 is 2.12 bits per heavy atom. The number of halogens is 2. The van der Waals surface area contributed by atoms with Crippen molar-refractivity contribution in [3.63, 3.8) is 0 Å². The van der Waals surface area contributed by atoms with E-state index in [9.17, 15) is 13.6 Å². The van der Waals surface area contributed by atoms with Crippen molar-refractivity contribution in [2.45, 2.75) is 12.8 Å². The lowest BCUT2D eigenvalue weighted by Crippen LogP contribution is -2.09. The first-order valence-corrected chi connectivity index (χ1v) is 4.45. The summed E-state index contributed by atoms with van der Waals surface area (Å²) in [5.41, 5.74) is -0.205. The molecule has 6 heteroatoms. The summed E-state index contributed by atoms with van der Waals surface area (Å²) in [6.07, 6.45) is -0.667. The minimum absolute atomic E-state index is 0.111. The molecule has 0 fully saturated rings. The smallest absolute Gasteiger partial charge is 0.310 e. The number of ether oxygens (including phenoxy) is 2. The van der Waals surface area contributed by atoms with E-state index in [1.807, 2.05) is 0 Å². The molecule has 0 radical (unpaired) electrons. The number of rotatable bonds is 4. The summed E-state index contributed by atoms with van der Waals surface area (Å²) in [4.78, 5) is 14.7. The van der Waals surface area contributed by atoms with E-state index in [0.717, 1.165) is 6.20 Å². The Bertz CT molecular complexity index is 382. The van der Waals surface area contributed by atoms with Gasteiger partial charge in [-0.25, -0.2) is 8.78 Å². The van der Waals surface area contributed by atoms with Crippen molar-refractivity contribution in [3.8, 4) is 5.75 Å². The van der Waals surface area contributed by atoms with Crippen molar-refractivity contribution in [2.75, 3.05) is 14.2 Å². The zero-order valence-electron chi connectivity index (χ0n) is 8.87. The van der Waals surface area contributed by atoms with Gasteiger partial charge in [-0.05, 0) is 0 Å². The maximum absolute atomic E-state index is 12.7. The van der Waals surface area contributed by atoms with Crippen LogP contribution in [0.3, 0.4) is 0 Å². The topological polar surface area (TPSA) is 48.4 Å². The summed E-state index contributed by atoms with van der Waals surface area (Å²) in [6, 6.07) is 0. The Morgan fingerprint density at radius 3 is 2.62 bits per heavy atom. The minimum Gasteiger partial charge on any atom is -0.495 e. The molecule has 0 saturated carbocycles. The largest absolute Gasteiger partial charge is 0.495 e. The molecule has 0 aliphatic rings. The average molecular weight is 231 g/mol. The molecular weight excluding hydrogens is 220 g/mol. The molecule has 88 valence electrons. The van der Waals surface area contributed by atoms with E-state index in [-0.39, 0.29) is 23.3 Å². The number of nitrogens with zero attached hydrogens (tertiary/aromatic N) is 1. The predicted octanol–water partition coefficient (Wildman–Crippen LogP) is 1.74. The van der Waals surface area contributed by atoms with Gasteiger partial charge in [-0.15, -0.1) is 0 Å². The highest BCUT2D eigenvalue weighted by atomic mass is 19.3. The van der Waals surface area contributed by atoms with Gasteiger partial charge in [0.1, 0.15) is 5.75 Å². The van der Waals surface area contributed by atoms with E-state index in [2.05, 4.69) is 9.72 Å². The molecule has 16 heavy (non-hydrogen) atoms. The van der Waals surface area contributed by atoms with Gasteiger partial charge < -0.3 is 9.47 Å². The highest BCUT2D eigenvalue weighted by Gasteiger charge is 2.20. The van der Waals surface area contributed by atoms with Crippen LogP contribution in [0, 0.1) is 0 Å². The maximum atomic E-state index is 12.7. The van der Waals surface area contributed by atoms with E-state index in [4.69, 9.17) is 4.74 Å². The molecule has 0 N–H and O–H groups in total. The van der Waals surface area contributed by atoms with Gasteiger partial charge in [-0.3, -0.25) is 9.78 Å². The Morgan fingerprint density at radius 1 is 1.44 bits per heavy atom. The zero-order chi connectivity index (χ0) is 12.1. The average Bonchev–Trinajstić information content (AvgIpc) is 2.28. The quantitative estimate of drug-likeness (QED) is 0.740. The zero-order valence-corrected chi connectivity index (χ0v) is 8.87. The number of esters is 1. The normalized spacial score (nSPS) is 10.3. The molecule has 0 bridgehead atoms. The van der Waals surface area contributed by atoms with Crippen LogP contribution < -0.4 is 4.74 Å². The summed E-state index contributed by atoms with van der Waals surface area (Å²) < 4.78 is 34.6. The number of carbonyl (C=O) groups is 1. The molecule has 0 aliphatic heterocycles. The monoisotopic (exact) mass is 231 g/mol. The molecule has 0 aromatic carbocycles. The Kier molecular flexibility index (Phi) is 4.16. The predicted molar refractivity (Wildman–Crippen MR) is 51.5 cm³/mol. The third kappa shape index (κ3) is 2.65. The fourth-order valence-corrected chi connectivity index (χ4v) is 1.25. The first-order chi connectivity index (χ1) is 7.60. The molecule has 0 spiro atoms. The lowest BCUT2D eigenvalue weighted by atomic mass is 10.1. The number of alkyl halides is 2. The number of methoxy groups -OCH3 is 2. The van der Waals surface area contributed by atoms with Crippen molar-refractivity contribution in [2.24, 2.45) is 0 Å². The molecule has 1 rings (SSSR count). The fourth-order valence-electron chi connectivity index (χ4n) is 1.25. The highest BCUT2D eigenvalue weighted by molar-refractivity contribution is 5.74. The van der Waals surface area contributed by atoms with E-state index in [0.29, 0.717) is 0 Å². The molecule has 1 heterocycles. The summed E-state index contributed by atoms with van der Waals surface area (Å²) in [5, 5.41) is 0. The van der Waals surface area contributed by atoms with Crippen LogP contribution in [0.1, 0.15) is 17.6 Å².